The molecule has 0 radical (unpaired) electrons. The van der Waals surface area contributed by atoms with Gasteiger partial charge in [-0.25, -0.2) is 4.98 Å². The van der Waals surface area contributed by atoms with Crippen molar-refractivity contribution < 1.29 is 4.79 Å². The molecule has 3 aromatic rings. The number of carbonyl (C=O) groups is 1. The smallest absolute Gasteiger partial charge is 0.230 e. The Balaban J connectivity index is 1.55. The molecular weight excluding hydrogens is 379 g/mol. The molecule has 0 fully saturated rings. The fraction of sp³-hybridized carbons (Fsp3) is 0.118. The van der Waals surface area contributed by atoms with Crippen molar-refractivity contribution in [2.45, 2.75) is 11.7 Å². The number of carbonyl (C=O) groups excluding carboxylic acids is 1. The van der Waals surface area contributed by atoms with Crippen molar-refractivity contribution in [3.05, 3.63) is 64.1 Å². The van der Waals surface area contributed by atoms with E-state index in [1.54, 1.807) is 18.2 Å². The Kier molecular flexibility index (Phi) is 5.96. The highest BCUT2D eigenvalue weighted by Crippen LogP contribution is 2.29. The summed E-state index contributed by atoms with van der Waals surface area (Å²) in [5, 5.41) is 11.3. The highest BCUT2D eigenvalue weighted by atomic mass is 35.5. The van der Waals surface area contributed by atoms with Gasteiger partial charge in [-0.2, -0.15) is 0 Å². The number of aromatic nitrogens is 3. The first kappa shape index (κ1) is 17.8. The maximum absolute atomic E-state index is 11.9. The molecule has 0 aliphatic rings. The highest BCUT2D eigenvalue weighted by Gasteiger charge is 2.12. The van der Waals surface area contributed by atoms with Gasteiger partial charge < -0.3 is 5.32 Å². The Morgan fingerprint density at radius 3 is 2.76 bits per heavy atom. The summed E-state index contributed by atoms with van der Waals surface area (Å²) in [6, 6.07) is 14.9. The van der Waals surface area contributed by atoms with E-state index >= 15 is 0 Å². The summed E-state index contributed by atoms with van der Waals surface area (Å²) >= 11 is 13.4. The van der Waals surface area contributed by atoms with E-state index in [0.29, 0.717) is 33.1 Å². The molecule has 0 spiro atoms. The molecule has 0 aliphatic heterocycles. The second kappa shape index (κ2) is 8.38. The van der Waals surface area contributed by atoms with Crippen LogP contribution < -0.4 is 5.32 Å². The lowest BCUT2D eigenvalue weighted by atomic mass is 10.2. The molecule has 128 valence electrons. The molecule has 1 aromatic heterocycles. The number of nitrogens with zero attached hydrogens (tertiary/aromatic N) is 2. The fourth-order valence-corrected chi connectivity index (χ4v) is 3.10. The lowest BCUT2D eigenvalue weighted by molar-refractivity contribution is -0.118. The van der Waals surface area contributed by atoms with Crippen LogP contribution in [0.15, 0.2) is 53.7 Å². The highest BCUT2D eigenvalue weighted by molar-refractivity contribution is 7.99. The van der Waals surface area contributed by atoms with Crippen LogP contribution in [-0.2, 0) is 11.3 Å². The third-order valence-electron chi connectivity index (χ3n) is 3.31. The van der Waals surface area contributed by atoms with Crippen LogP contribution >= 0.6 is 35.0 Å². The second-order valence-electron chi connectivity index (χ2n) is 5.14. The van der Waals surface area contributed by atoms with Crippen molar-refractivity contribution >= 4 is 40.9 Å². The first-order valence-corrected chi connectivity index (χ1v) is 9.17. The SMILES string of the molecule is O=C(CSc1n[nH]c(-c2cc(Cl)ccc2Cl)n1)NCc1ccccc1. The first-order valence-electron chi connectivity index (χ1n) is 7.43. The number of hydrogen-bond acceptors (Lipinski definition) is 4. The van der Waals surface area contributed by atoms with E-state index in [1.165, 1.54) is 11.8 Å². The van der Waals surface area contributed by atoms with E-state index < -0.39 is 0 Å². The van der Waals surface area contributed by atoms with Crippen molar-refractivity contribution in [3.8, 4) is 11.4 Å². The molecule has 0 aliphatic carbocycles. The maximum Gasteiger partial charge on any atom is 0.230 e. The Hall–Kier alpha value is -2.02. The summed E-state index contributed by atoms with van der Waals surface area (Å²) in [5.41, 5.74) is 1.72. The summed E-state index contributed by atoms with van der Waals surface area (Å²) < 4.78 is 0. The Morgan fingerprint density at radius 2 is 1.96 bits per heavy atom. The van der Waals surface area contributed by atoms with E-state index in [-0.39, 0.29) is 11.7 Å². The van der Waals surface area contributed by atoms with Crippen molar-refractivity contribution in [2.75, 3.05) is 5.75 Å². The monoisotopic (exact) mass is 392 g/mol. The van der Waals surface area contributed by atoms with Gasteiger partial charge >= 0.3 is 0 Å². The molecular formula is C17H14Cl2N4OS. The summed E-state index contributed by atoms with van der Waals surface area (Å²) in [5.74, 6) is 0.661. The molecule has 5 nitrogen and oxygen atoms in total. The van der Waals surface area contributed by atoms with E-state index in [4.69, 9.17) is 23.2 Å². The first-order chi connectivity index (χ1) is 12.1. The molecule has 25 heavy (non-hydrogen) atoms. The lowest BCUT2D eigenvalue weighted by Gasteiger charge is -2.03. The van der Waals surface area contributed by atoms with Crippen LogP contribution in [0, 0.1) is 0 Å². The molecule has 2 aromatic carbocycles. The van der Waals surface area contributed by atoms with Crippen LogP contribution in [0.3, 0.4) is 0 Å². The average molecular weight is 393 g/mol. The summed E-state index contributed by atoms with van der Waals surface area (Å²) in [4.78, 5) is 16.3. The lowest BCUT2D eigenvalue weighted by Crippen LogP contribution is -2.24. The Morgan fingerprint density at radius 1 is 1.16 bits per heavy atom. The quantitative estimate of drug-likeness (QED) is 0.617. The van der Waals surface area contributed by atoms with Crippen LogP contribution in [-0.4, -0.2) is 26.8 Å². The van der Waals surface area contributed by atoms with Gasteiger partial charge in [-0.05, 0) is 23.8 Å². The van der Waals surface area contributed by atoms with Gasteiger partial charge in [-0.3, -0.25) is 9.89 Å². The molecule has 0 unspecified atom stereocenters. The van der Waals surface area contributed by atoms with Crippen LogP contribution in [0.1, 0.15) is 5.56 Å². The zero-order valence-corrected chi connectivity index (χ0v) is 15.3. The predicted octanol–water partition coefficient (Wildman–Crippen LogP) is 4.19. The molecule has 0 atom stereocenters. The van der Waals surface area contributed by atoms with Gasteiger partial charge in [-0.1, -0.05) is 65.3 Å². The molecule has 1 heterocycles. The zero-order valence-electron chi connectivity index (χ0n) is 13.0. The number of aromatic amines is 1. The van der Waals surface area contributed by atoms with E-state index in [0.717, 1.165) is 5.56 Å². The van der Waals surface area contributed by atoms with Crippen molar-refractivity contribution in [3.63, 3.8) is 0 Å². The van der Waals surface area contributed by atoms with E-state index in [2.05, 4.69) is 20.5 Å². The van der Waals surface area contributed by atoms with Gasteiger partial charge in [0, 0.05) is 17.1 Å². The van der Waals surface area contributed by atoms with Gasteiger partial charge in [0.2, 0.25) is 11.1 Å². The van der Waals surface area contributed by atoms with Crippen molar-refractivity contribution in [2.24, 2.45) is 0 Å². The number of benzene rings is 2. The number of amides is 1. The summed E-state index contributed by atoms with van der Waals surface area (Å²) in [7, 11) is 0. The molecule has 3 rings (SSSR count). The third kappa shape index (κ3) is 4.98. The normalized spacial score (nSPS) is 10.6. The topological polar surface area (TPSA) is 70.7 Å². The van der Waals surface area contributed by atoms with E-state index in [9.17, 15) is 4.79 Å². The third-order valence-corrected chi connectivity index (χ3v) is 4.73. The molecule has 0 bridgehead atoms. The Labute approximate surface area is 159 Å². The van der Waals surface area contributed by atoms with Crippen LogP contribution in [0.25, 0.3) is 11.4 Å². The van der Waals surface area contributed by atoms with Crippen LogP contribution in [0.5, 0.6) is 0 Å². The predicted molar refractivity (Wildman–Crippen MR) is 101 cm³/mol. The maximum atomic E-state index is 11.9. The molecule has 1 amide bonds. The molecule has 0 saturated carbocycles. The number of hydrogen-bond donors (Lipinski definition) is 2. The summed E-state index contributed by atoms with van der Waals surface area (Å²) in [6.07, 6.45) is 0. The minimum atomic E-state index is -0.0824. The zero-order chi connectivity index (χ0) is 17.6. The summed E-state index contributed by atoms with van der Waals surface area (Å²) in [6.45, 7) is 0.498. The number of nitrogens with one attached hydrogen (secondary N) is 2. The number of thioether (sulfide) groups is 1. The number of halogens is 2. The van der Waals surface area contributed by atoms with Gasteiger partial charge in [0.15, 0.2) is 5.82 Å². The van der Waals surface area contributed by atoms with Gasteiger partial charge in [0.1, 0.15) is 0 Å². The largest absolute Gasteiger partial charge is 0.351 e. The second-order valence-corrected chi connectivity index (χ2v) is 6.93. The van der Waals surface area contributed by atoms with E-state index in [1.807, 2.05) is 30.3 Å². The Bertz CT molecular complexity index is 870. The average Bonchev–Trinajstić information content (AvgIpc) is 3.10. The van der Waals surface area contributed by atoms with Gasteiger partial charge in [0.25, 0.3) is 0 Å². The minimum absolute atomic E-state index is 0.0824. The van der Waals surface area contributed by atoms with Crippen molar-refractivity contribution in [1.82, 2.24) is 20.5 Å². The molecule has 8 heteroatoms. The minimum Gasteiger partial charge on any atom is -0.351 e. The van der Waals surface area contributed by atoms with Crippen molar-refractivity contribution in [1.29, 1.82) is 0 Å². The van der Waals surface area contributed by atoms with Gasteiger partial charge in [0.05, 0.1) is 10.8 Å². The van der Waals surface area contributed by atoms with Gasteiger partial charge in [-0.15, -0.1) is 5.10 Å². The van der Waals surface area contributed by atoms with Crippen LogP contribution in [0.2, 0.25) is 10.0 Å². The number of rotatable bonds is 6. The van der Waals surface area contributed by atoms with Crippen LogP contribution in [0.4, 0.5) is 0 Å². The molecule has 0 saturated heterocycles. The molecule has 2 N–H and O–H groups in total. The fourth-order valence-electron chi connectivity index (χ4n) is 2.09. The number of H-pyrrole nitrogens is 1. The standard InChI is InChI=1S/C17H14Cl2N4OS/c18-12-6-7-14(19)13(8-12)16-21-17(23-22-16)25-10-15(24)20-9-11-4-2-1-3-5-11/h1-8H,9-10H2,(H,20,24)(H,21,22,23).